The number of piperidine rings is 1. The lowest BCUT2D eigenvalue weighted by molar-refractivity contribution is 0.0133. The van der Waals surface area contributed by atoms with Gasteiger partial charge in [-0.15, -0.1) is 11.3 Å². The van der Waals surface area contributed by atoms with Crippen LogP contribution in [0, 0.1) is 0 Å². The fourth-order valence-corrected chi connectivity index (χ4v) is 5.17. The Morgan fingerprint density at radius 1 is 1.13 bits per heavy atom. The fraction of sp³-hybridized carbons (Fsp3) is 0.391. The summed E-state index contributed by atoms with van der Waals surface area (Å²) < 4.78 is 12.2. The van der Waals surface area contributed by atoms with Gasteiger partial charge in [-0.05, 0) is 43.2 Å². The summed E-state index contributed by atoms with van der Waals surface area (Å²) in [5, 5.41) is 4.69. The molecular formula is C23H26N4O3S. The molecule has 0 aliphatic carbocycles. The molecule has 3 aliphatic rings. The highest BCUT2D eigenvalue weighted by atomic mass is 32.1. The number of fused-ring (bicyclic) bond motifs is 6. The molecule has 0 N–H and O–H groups in total. The van der Waals surface area contributed by atoms with Crippen LogP contribution in [-0.2, 0) is 11.4 Å². The molecule has 1 saturated heterocycles. The van der Waals surface area contributed by atoms with Gasteiger partial charge < -0.3 is 19.2 Å². The molecule has 1 aromatic carbocycles. The number of hydrogen-bond donors (Lipinski definition) is 0. The molecule has 0 amide bonds. The van der Waals surface area contributed by atoms with E-state index < -0.39 is 0 Å². The fourth-order valence-electron chi connectivity index (χ4n) is 4.14. The third kappa shape index (κ3) is 4.18. The van der Waals surface area contributed by atoms with Crippen LogP contribution in [0.4, 0.5) is 0 Å². The summed E-state index contributed by atoms with van der Waals surface area (Å²) in [6, 6.07) is 12.1. The number of pyridine rings is 1. The first-order chi connectivity index (χ1) is 15.2. The molecule has 0 atom stereocenters. The number of amidine groups is 1. The lowest BCUT2D eigenvalue weighted by Crippen LogP contribution is -2.44. The van der Waals surface area contributed by atoms with Crippen molar-refractivity contribution < 1.29 is 14.3 Å². The highest BCUT2D eigenvalue weighted by molar-refractivity contribution is 7.20. The van der Waals surface area contributed by atoms with Crippen LogP contribution in [0.3, 0.4) is 0 Å². The summed E-state index contributed by atoms with van der Waals surface area (Å²) in [7, 11) is 3.36. The average Bonchev–Trinajstić information content (AvgIpc) is 3.28. The van der Waals surface area contributed by atoms with Gasteiger partial charge in [0.15, 0.2) is 5.84 Å². The van der Waals surface area contributed by atoms with Crippen molar-refractivity contribution in [3.63, 3.8) is 0 Å². The normalized spacial score (nSPS) is 21.1. The summed E-state index contributed by atoms with van der Waals surface area (Å²) in [6.07, 6.45) is 4.01. The maximum atomic E-state index is 6.03. The van der Waals surface area contributed by atoms with Crippen molar-refractivity contribution in [3.05, 3.63) is 53.0 Å². The van der Waals surface area contributed by atoms with E-state index in [1.54, 1.807) is 25.6 Å². The quantitative estimate of drug-likeness (QED) is 0.602. The van der Waals surface area contributed by atoms with Crippen molar-refractivity contribution in [2.75, 3.05) is 34.0 Å². The highest BCUT2D eigenvalue weighted by Crippen LogP contribution is 2.30. The second kappa shape index (κ2) is 8.72. The third-order valence-electron chi connectivity index (χ3n) is 5.86. The number of ether oxygens (including phenoxy) is 2. The van der Waals surface area contributed by atoms with Gasteiger partial charge in [-0.1, -0.05) is 5.16 Å². The molecule has 3 aliphatic heterocycles. The van der Waals surface area contributed by atoms with Crippen LogP contribution in [-0.4, -0.2) is 60.7 Å². The van der Waals surface area contributed by atoms with Gasteiger partial charge in [-0.25, -0.2) is 0 Å². The monoisotopic (exact) mass is 438 g/mol. The molecule has 3 aromatic rings. The van der Waals surface area contributed by atoms with E-state index in [9.17, 15) is 0 Å². The maximum Gasteiger partial charge on any atom is 0.187 e. The number of thiophene rings is 1. The zero-order chi connectivity index (χ0) is 21.2. The molecule has 0 saturated carbocycles. The summed E-state index contributed by atoms with van der Waals surface area (Å²) >= 11 is 1.70. The number of methoxy groups -OCH3 is 2. The van der Waals surface area contributed by atoms with Crippen molar-refractivity contribution >= 4 is 27.4 Å². The minimum atomic E-state index is 0.175. The van der Waals surface area contributed by atoms with Crippen LogP contribution in [0.2, 0.25) is 0 Å². The summed E-state index contributed by atoms with van der Waals surface area (Å²) in [5.74, 6) is 2.43. The second-order valence-corrected chi connectivity index (χ2v) is 8.94. The first-order valence-corrected chi connectivity index (χ1v) is 11.3. The molecule has 2 aromatic heterocycles. The Balaban J connectivity index is 1.54. The molecule has 0 radical (unpaired) electrons. The lowest BCUT2D eigenvalue weighted by atomic mass is 10.1. The molecule has 8 heteroatoms. The molecule has 1 fully saturated rings. The average molecular weight is 439 g/mol. The van der Waals surface area contributed by atoms with Gasteiger partial charge in [0.25, 0.3) is 0 Å². The first kappa shape index (κ1) is 20.1. The van der Waals surface area contributed by atoms with Crippen LogP contribution in [0.5, 0.6) is 11.5 Å². The summed E-state index contributed by atoms with van der Waals surface area (Å²) in [6.45, 7) is 3.46. The van der Waals surface area contributed by atoms with Gasteiger partial charge in [-0.3, -0.25) is 9.88 Å². The Bertz CT molecular complexity index is 1060. The molecule has 2 bridgehead atoms. The van der Waals surface area contributed by atoms with Crippen LogP contribution in [0.25, 0.3) is 10.2 Å². The summed E-state index contributed by atoms with van der Waals surface area (Å²) in [5.41, 5.74) is 2.06. The zero-order valence-corrected chi connectivity index (χ0v) is 18.6. The second-order valence-electron chi connectivity index (χ2n) is 7.85. The van der Waals surface area contributed by atoms with E-state index in [4.69, 9.17) is 14.3 Å². The van der Waals surface area contributed by atoms with Crippen molar-refractivity contribution in [1.82, 2.24) is 14.8 Å². The molecular weight excluding hydrogens is 412 g/mol. The highest BCUT2D eigenvalue weighted by Gasteiger charge is 2.28. The minimum absolute atomic E-state index is 0.175. The van der Waals surface area contributed by atoms with Crippen molar-refractivity contribution in [1.29, 1.82) is 0 Å². The van der Waals surface area contributed by atoms with Crippen molar-refractivity contribution in [2.24, 2.45) is 5.16 Å². The zero-order valence-electron chi connectivity index (χ0n) is 17.8. The molecule has 5 heterocycles. The van der Waals surface area contributed by atoms with E-state index in [1.807, 2.05) is 24.4 Å². The topological polar surface area (TPSA) is 59.4 Å². The lowest BCUT2D eigenvalue weighted by Gasteiger charge is -2.33. The van der Waals surface area contributed by atoms with E-state index in [2.05, 4.69) is 38.1 Å². The van der Waals surface area contributed by atoms with Crippen LogP contribution >= 0.6 is 11.3 Å². The van der Waals surface area contributed by atoms with Gasteiger partial charge >= 0.3 is 0 Å². The van der Waals surface area contributed by atoms with E-state index >= 15 is 0 Å². The number of nitrogens with zero attached hydrogens (tertiary/aromatic N) is 4. The number of hydrogen-bond acceptors (Lipinski definition) is 8. The Morgan fingerprint density at radius 2 is 2.00 bits per heavy atom. The number of rotatable bonds is 5. The minimum Gasteiger partial charge on any atom is -0.497 e. The predicted octanol–water partition coefficient (Wildman–Crippen LogP) is 3.93. The van der Waals surface area contributed by atoms with Gasteiger partial charge in [0.1, 0.15) is 17.6 Å². The molecule has 6 rings (SSSR count). The Kier molecular flexibility index (Phi) is 5.65. The Morgan fingerprint density at radius 3 is 2.77 bits per heavy atom. The largest absolute Gasteiger partial charge is 0.497 e. The smallest absolute Gasteiger partial charge is 0.187 e. The van der Waals surface area contributed by atoms with Crippen molar-refractivity contribution in [3.8, 4) is 11.5 Å². The third-order valence-corrected chi connectivity index (χ3v) is 6.94. The number of aromatic nitrogens is 1. The van der Waals surface area contributed by atoms with Crippen LogP contribution in [0.1, 0.15) is 23.3 Å². The van der Waals surface area contributed by atoms with E-state index in [0.29, 0.717) is 6.54 Å². The molecule has 0 spiro atoms. The van der Waals surface area contributed by atoms with Crippen molar-refractivity contribution in [2.45, 2.75) is 25.5 Å². The van der Waals surface area contributed by atoms with E-state index in [-0.39, 0.29) is 6.10 Å². The van der Waals surface area contributed by atoms with Gasteiger partial charge in [0.05, 0.1) is 36.0 Å². The first-order valence-electron chi connectivity index (χ1n) is 10.5. The molecule has 0 unspecified atom stereocenters. The standard InChI is InChI=1S/C23H26N4O3S/c1-28-18-6-5-16(20(12-18)29-2)14-27-15-26-10-7-17(8-11-26)30-25-23(27)22-13-19-21(31-22)4-3-9-24-19/h3-6,9,12-13,17H,7-8,10-11,14-15H2,1-2H3. The van der Waals surface area contributed by atoms with Gasteiger partial charge in [0.2, 0.25) is 0 Å². The van der Waals surface area contributed by atoms with Crippen LogP contribution in [0.15, 0.2) is 47.8 Å². The molecule has 7 nitrogen and oxygen atoms in total. The summed E-state index contributed by atoms with van der Waals surface area (Å²) in [4.78, 5) is 16.3. The maximum absolute atomic E-state index is 6.03. The Labute approximate surface area is 185 Å². The Hall–Kier alpha value is -2.84. The number of oxime groups is 1. The van der Waals surface area contributed by atoms with Gasteiger partial charge in [-0.2, -0.15) is 0 Å². The molecule has 162 valence electrons. The SMILES string of the molecule is COc1ccc(CN2CN3CCC(CC3)ON=C2c2cc3ncccc3s2)c(OC)c1. The van der Waals surface area contributed by atoms with E-state index in [1.165, 1.54) is 0 Å². The van der Waals surface area contributed by atoms with Crippen LogP contribution < -0.4 is 9.47 Å². The predicted molar refractivity (Wildman–Crippen MR) is 122 cm³/mol. The number of benzene rings is 1. The van der Waals surface area contributed by atoms with E-state index in [0.717, 1.165) is 70.6 Å². The van der Waals surface area contributed by atoms with Gasteiger partial charge in [0, 0.05) is 37.5 Å². The molecule has 31 heavy (non-hydrogen) atoms.